The van der Waals surface area contributed by atoms with Crippen molar-refractivity contribution < 1.29 is 4.39 Å². The molecule has 0 saturated carbocycles. The topological polar surface area (TPSA) is 0 Å². The van der Waals surface area contributed by atoms with Gasteiger partial charge >= 0.3 is 19.3 Å². The van der Waals surface area contributed by atoms with Crippen molar-refractivity contribution in [3.63, 3.8) is 0 Å². The van der Waals surface area contributed by atoms with Crippen molar-refractivity contribution in [1.82, 2.24) is 0 Å². The molecule has 0 atom stereocenters. The second kappa shape index (κ2) is 7.99. The first-order valence-electron chi connectivity index (χ1n) is 3.03. The van der Waals surface area contributed by atoms with Gasteiger partial charge in [0.05, 0.1) is 6.67 Å². The van der Waals surface area contributed by atoms with Gasteiger partial charge in [-0.1, -0.05) is 12.8 Å². The summed E-state index contributed by atoms with van der Waals surface area (Å²) in [6.07, 6.45) is 2.89. The van der Waals surface area contributed by atoms with Gasteiger partial charge in [-0.05, 0) is 6.42 Å². The Bertz CT molecular complexity index is 37.4. The van der Waals surface area contributed by atoms with Gasteiger partial charge in [0, 0.05) is 0 Å². The number of alkyl halides is 1. The van der Waals surface area contributed by atoms with Gasteiger partial charge in [-0.15, -0.1) is 4.55 Å². The van der Waals surface area contributed by atoms with E-state index in [2.05, 4.69) is 0 Å². The van der Waals surface area contributed by atoms with Crippen LogP contribution in [0, 0.1) is 0 Å². The zero-order valence-corrected chi connectivity index (χ0v) is 7.17. The van der Waals surface area contributed by atoms with Crippen LogP contribution in [0.5, 0.6) is 0 Å². The molecule has 0 N–H and O–H groups in total. The predicted octanol–water partition coefficient (Wildman–Crippen LogP) is 2.40. The number of halogens is 2. The van der Waals surface area contributed by atoms with E-state index in [0.29, 0.717) is 0 Å². The molecule has 0 heterocycles. The van der Waals surface area contributed by atoms with Crippen LogP contribution in [-0.2, 0) is 0 Å². The van der Waals surface area contributed by atoms with Crippen LogP contribution in [-0.4, -0.2) is 25.9 Å². The molecule has 0 aromatic rings. The molecule has 0 saturated heterocycles. The van der Waals surface area contributed by atoms with Crippen LogP contribution in [0.2, 0.25) is 4.55 Å². The highest BCUT2D eigenvalue weighted by atomic mass is 35.5. The third kappa shape index (κ3) is 6.99. The molecule has 0 aliphatic rings. The average molecular weight is 149 g/mol. The first-order valence-corrected chi connectivity index (χ1v) is 6.17. The zero-order valence-electron chi connectivity index (χ0n) is 5.00. The molecule has 0 amide bonds. The van der Waals surface area contributed by atoms with Crippen LogP contribution in [0.4, 0.5) is 4.39 Å². The molecule has 0 nitrogen and oxygen atoms in total. The Morgan fingerprint density at radius 2 is 2.00 bits per heavy atom. The molecular weight excluding hydrogens is 139 g/mol. The number of rotatable bonds is 5. The Hall–Kier alpha value is 0.986. The average Bonchev–Trinajstić information content (AvgIpc) is 1.81. The standard InChI is InChI=1S/C5H10F.ClH.Mg/c1-2-3-4-5-6;;/h1-5H2;1H;/q;;+1/p-1. The second-order valence-electron chi connectivity index (χ2n) is 1.79. The minimum Gasteiger partial charge on any atom is -0.346 e. The lowest BCUT2D eigenvalue weighted by Crippen LogP contribution is -1.80. The minimum atomic E-state index is -0.264. The number of hydrogen-bond acceptors (Lipinski definition) is 0. The monoisotopic (exact) mass is 148 g/mol. The molecule has 0 spiro atoms. The van der Waals surface area contributed by atoms with E-state index < -0.39 is 0 Å². The van der Waals surface area contributed by atoms with Crippen molar-refractivity contribution in [2.24, 2.45) is 0 Å². The van der Waals surface area contributed by atoms with Gasteiger partial charge in [0.1, 0.15) is 0 Å². The van der Waals surface area contributed by atoms with E-state index >= 15 is 0 Å². The molecule has 8 heavy (non-hydrogen) atoms. The van der Waals surface area contributed by atoms with Gasteiger partial charge in [0.15, 0.2) is 0 Å². The van der Waals surface area contributed by atoms with Crippen LogP contribution >= 0.6 is 9.07 Å². The summed E-state index contributed by atoms with van der Waals surface area (Å²) in [6, 6.07) is 0. The van der Waals surface area contributed by atoms with Crippen LogP contribution in [0.25, 0.3) is 0 Å². The Morgan fingerprint density at radius 3 is 2.50 bits per heavy atom. The quantitative estimate of drug-likeness (QED) is 0.415. The molecule has 3 heteroatoms. The molecule has 0 rings (SSSR count). The maximum absolute atomic E-state index is 11.4. The van der Waals surface area contributed by atoms with E-state index in [1.54, 1.807) is 0 Å². The highest BCUT2D eigenvalue weighted by Gasteiger charge is 1.90. The molecule has 0 radical (unpaired) electrons. The summed E-state index contributed by atoms with van der Waals surface area (Å²) in [4.78, 5) is 0. The maximum Gasteiger partial charge on any atom is 0.501 e. The van der Waals surface area contributed by atoms with E-state index in [1.165, 1.54) is 4.55 Å². The molecule has 46 valence electrons. The molecule has 0 aliphatic heterocycles. The number of hydrogen-bond donors (Lipinski definition) is 0. The van der Waals surface area contributed by atoms with Crippen LogP contribution < -0.4 is 0 Å². The fourth-order valence-electron chi connectivity index (χ4n) is 0.543. The lowest BCUT2D eigenvalue weighted by molar-refractivity contribution is 0.460. The minimum absolute atomic E-state index is 0.163. The summed E-state index contributed by atoms with van der Waals surface area (Å²) < 4.78 is 12.6. The van der Waals surface area contributed by atoms with Gasteiger partial charge < -0.3 is 9.07 Å². The molecule has 0 fully saturated rings. The molecule has 0 aromatic carbocycles. The van der Waals surface area contributed by atoms with E-state index in [-0.39, 0.29) is 25.9 Å². The van der Waals surface area contributed by atoms with Crippen LogP contribution in [0.3, 0.4) is 0 Å². The van der Waals surface area contributed by atoms with Crippen LogP contribution in [0.15, 0.2) is 0 Å². The summed E-state index contributed by atoms with van der Waals surface area (Å²) in [7, 11) is 5.53. The third-order valence-corrected chi connectivity index (χ3v) is 2.59. The Balaban J connectivity index is 2.53. The molecule has 0 aromatic heterocycles. The van der Waals surface area contributed by atoms with Crippen molar-refractivity contribution in [2.45, 2.75) is 23.8 Å². The summed E-state index contributed by atoms with van der Waals surface area (Å²) in [5.41, 5.74) is 0. The van der Waals surface area contributed by atoms with Crippen molar-refractivity contribution in [3.05, 3.63) is 0 Å². The first-order chi connectivity index (χ1) is 3.91. The Labute approximate surface area is 63.3 Å². The SMILES string of the molecule is FCCCC[CH2][Mg][Cl]. The van der Waals surface area contributed by atoms with Gasteiger partial charge in [-0.2, -0.15) is 0 Å². The van der Waals surface area contributed by atoms with Gasteiger partial charge in [0.2, 0.25) is 0 Å². The maximum atomic E-state index is 11.4. The smallest absolute Gasteiger partial charge is 0.346 e. The number of unbranched alkanes of at least 4 members (excludes halogenated alkanes) is 2. The summed E-state index contributed by atoms with van der Waals surface area (Å²) in [5.74, 6) is 0. The molecule has 0 unspecified atom stereocenters. The van der Waals surface area contributed by atoms with E-state index in [9.17, 15) is 4.39 Å². The summed E-state index contributed by atoms with van der Waals surface area (Å²) in [6.45, 7) is -0.163. The highest BCUT2D eigenvalue weighted by Crippen LogP contribution is 2.00. The van der Waals surface area contributed by atoms with Crippen molar-refractivity contribution >= 4 is 28.3 Å². The largest absolute Gasteiger partial charge is 0.501 e. The summed E-state index contributed by atoms with van der Waals surface area (Å²) >= 11 is -0.264. The zero-order chi connectivity index (χ0) is 6.24. The Kier molecular flexibility index (Phi) is 8.97. The van der Waals surface area contributed by atoms with Crippen molar-refractivity contribution in [1.29, 1.82) is 0 Å². The van der Waals surface area contributed by atoms with Gasteiger partial charge in [-0.25, -0.2) is 0 Å². The first kappa shape index (κ1) is 8.99. The predicted molar refractivity (Wildman–Crippen MR) is 36.2 cm³/mol. The van der Waals surface area contributed by atoms with Crippen molar-refractivity contribution in [3.8, 4) is 0 Å². The highest BCUT2D eigenvalue weighted by molar-refractivity contribution is 6.93. The molecular formula is C5H10ClFMg. The van der Waals surface area contributed by atoms with E-state index in [0.717, 1.165) is 19.3 Å². The fraction of sp³-hybridized carbons (Fsp3) is 1.00. The van der Waals surface area contributed by atoms with Gasteiger partial charge in [0.25, 0.3) is 0 Å². The van der Waals surface area contributed by atoms with E-state index in [1.807, 2.05) is 0 Å². The lowest BCUT2D eigenvalue weighted by Gasteiger charge is -1.90. The normalized spacial score (nSPS) is 8.75. The second-order valence-corrected chi connectivity index (χ2v) is 4.01. The van der Waals surface area contributed by atoms with Crippen molar-refractivity contribution in [2.75, 3.05) is 6.67 Å². The Morgan fingerprint density at radius 1 is 1.25 bits per heavy atom. The molecule has 0 aliphatic carbocycles. The van der Waals surface area contributed by atoms with Crippen LogP contribution in [0.1, 0.15) is 19.3 Å². The lowest BCUT2D eigenvalue weighted by atomic mass is 10.3. The van der Waals surface area contributed by atoms with E-state index in [4.69, 9.17) is 9.07 Å². The van der Waals surface area contributed by atoms with Gasteiger partial charge in [-0.3, -0.25) is 4.39 Å². The molecule has 0 bridgehead atoms. The third-order valence-electron chi connectivity index (χ3n) is 1.02. The summed E-state index contributed by atoms with van der Waals surface area (Å²) in [5, 5.41) is 0. The fourth-order valence-corrected chi connectivity index (χ4v) is 1.65.